The third-order valence-electron chi connectivity index (χ3n) is 3.01. The predicted molar refractivity (Wildman–Crippen MR) is 74.0 cm³/mol. The van der Waals surface area contributed by atoms with Gasteiger partial charge in [0.05, 0.1) is 18.2 Å². The van der Waals surface area contributed by atoms with E-state index >= 15 is 0 Å². The van der Waals surface area contributed by atoms with E-state index in [9.17, 15) is 4.79 Å². The van der Waals surface area contributed by atoms with E-state index in [1.54, 1.807) is 23.2 Å². The van der Waals surface area contributed by atoms with Gasteiger partial charge in [-0.1, -0.05) is 0 Å². The molecular formula is C12H16ClN5O. The van der Waals surface area contributed by atoms with Gasteiger partial charge < -0.3 is 15.5 Å². The first kappa shape index (κ1) is 15.2. The molecule has 0 aliphatic carbocycles. The molecule has 102 valence electrons. The van der Waals surface area contributed by atoms with Crippen LogP contribution in [0.5, 0.6) is 0 Å². The highest BCUT2D eigenvalue weighted by Crippen LogP contribution is 2.14. The lowest BCUT2D eigenvalue weighted by Gasteiger charge is -2.35. The van der Waals surface area contributed by atoms with Crippen molar-refractivity contribution < 1.29 is 4.79 Å². The van der Waals surface area contributed by atoms with Gasteiger partial charge in [0, 0.05) is 32.4 Å². The molecule has 1 aliphatic rings. The number of aromatic nitrogens is 1. The summed E-state index contributed by atoms with van der Waals surface area (Å²) >= 11 is 0. The van der Waals surface area contributed by atoms with Crippen LogP contribution in [0.2, 0.25) is 0 Å². The molecule has 7 heteroatoms. The second kappa shape index (κ2) is 6.92. The fourth-order valence-corrected chi connectivity index (χ4v) is 1.97. The van der Waals surface area contributed by atoms with Crippen molar-refractivity contribution in [2.24, 2.45) is 5.73 Å². The Morgan fingerprint density at radius 3 is 2.68 bits per heavy atom. The van der Waals surface area contributed by atoms with Crippen LogP contribution in [0.4, 0.5) is 5.82 Å². The number of rotatable bonds is 2. The van der Waals surface area contributed by atoms with Gasteiger partial charge in [0.15, 0.2) is 0 Å². The van der Waals surface area contributed by atoms with Crippen molar-refractivity contribution in [3.8, 4) is 6.07 Å². The lowest BCUT2D eigenvalue weighted by Crippen LogP contribution is -2.50. The van der Waals surface area contributed by atoms with E-state index in [0.29, 0.717) is 31.7 Å². The molecule has 19 heavy (non-hydrogen) atoms. The zero-order valence-corrected chi connectivity index (χ0v) is 11.3. The average molecular weight is 282 g/mol. The monoisotopic (exact) mass is 281 g/mol. The molecule has 2 rings (SSSR count). The highest BCUT2D eigenvalue weighted by Gasteiger charge is 2.20. The number of halogens is 1. The molecule has 0 atom stereocenters. The van der Waals surface area contributed by atoms with Crippen molar-refractivity contribution in [1.82, 2.24) is 9.88 Å². The van der Waals surface area contributed by atoms with E-state index in [-0.39, 0.29) is 24.9 Å². The Hall–Kier alpha value is -1.84. The van der Waals surface area contributed by atoms with Crippen LogP contribution in [0.1, 0.15) is 5.56 Å². The minimum atomic E-state index is -0.0200. The van der Waals surface area contributed by atoms with Crippen LogP contribution in [-0.4, -0.2) is 48.5 Å². The molecule has 1 saturated heterocycles. The van der Waals surface area contributed by atoms with E-state index < -0.39 is 0 Å². The average Bonchev–Trinajstić information content (AvgIpc) is 2.46. The lowest BCUT2D eigenvalue weighted by molar-refractivity contribution is -0.129. The van der Waals surface area contributed by atoms with E-state index in [1.165, 1.54) is 0 Å². The smallest absolute Gasteiger partial charge is 0.236 e. The highest BCUT2D eigenvalue weighted by molar-refractivity contribution is 5.85. The quantitative estimate of drug-likeness (QED) is 0.823. The van der Waals surface area contributed by atoms with Gasteiger partial charge in [-0.2, -0.15) is 5.26 Å². The summed E-state index contributed by atoms with van der Waals surface area (Å²) in [6.45, 7) is 2.78. The molecule has 1 aliphatic heterocycles. The van der Waals surface area contributed by atoms with Crippen molar-refractivity contribution in [2.45, 2.75) is 0 Å². The zero-order valence-electron chi connectivity index (χ0n) is 10.5. The molecule has 1 fully saturated rings. The first-order valence-corrected chi connectivity index (χ1v) is 5.83. The van der Waals surface area contributed by atoms with Crippen LogP contribution in [0.15, 0.2) is 18.3 Å². The van der Waals surface area contributed by atoms with Gasteiger partial charge in [0.1, 0.15) is 5.82 Å². The summed E-state index contributed by atoms with van der Waals surface area (Å²) in [4.78, 5) is 19.5. The Bertz CT molecular complexity index is 479. The molecule has 0 aromatic carbocycles. The molecule has 0 saturated carbocycles. The number of piperazine rings is 1. The number of nitriles is 1. The number of nitrogens with two attached hydrogens (primary N) is 1. The van der Waals surface area contributed by atoms with E-state index in [2.05, 4.69) is 16.0 Å². The molecule has 0 spiro atoms. The number of amides is 1. The summed E-state index contributed by atoms with van der Waals surface area (Å²) in [7, 11) is 0. The maximum Gasteiger partial charge on any atom is 0.236 e. The fourth-order valence-electron chi connectivity index (χ4n) is 1.97. The number of hydrogen-bond acceptors (Lipinski definition) is 5. The Balaban J connectivity index is 0.00000180. The van der Waals surface area contributed by atoms with Gasteiger partial charge in [-0.25, -0.2) is 4.98 Å². The minimum Gasteiger partial charge on any atom is -0.353 e. The topological polar surface area (TPSA) is 86.2 Å². The van der Waals surface area contributed by atoms with Crippen LogP contribution in [0.3, 0.4) is 0 Å². The summed E-state index contributed by atoms with van der Waals surface area (Å²) in [6.07, 6.45) is 1.63. The van der Waals surface area contributed by atoms with E-state index in [0.717, 1.165) is 5.82 Å². The molecule has 0 bridgehead atoms. The third-order valence-corrected chi connectivity index (χ3v) is 3.01. The van der Waals surface area contributed by atoms with Crippen LogP contribution in [0, 0.1) is 11.3 Å². The second-order valence-corrected chi connectivity index (χ2v) is 4.09. The Morgan fingerprint density at radius 1 is 1.42 bits per heavy atom. The summed E-state index contributed by atoms with van der Waals surface area (Å²) in [5.41, 5.74) is 5.93. The van der Waals surface area contributed by atoms with Gasteiger partial charge in [-0.3, -0.25) is 4.79 Å². The Kier molecular flexibility index (Phi) is 5.55. The van der Waals surface area contributed by atoms with E-state index in [1.807, 2.05) is 0 Å². The van der Waals surface area contributed by atoms with Gasteiger partial charge >= 0.3 is 0 Å². The summed E-state index contributed by atoms with van der Waals surface area (Å²) in [5, 5.41) is 8.84. The molecule has 0 unspecified atom stereocenters. The fraction of sp³-hybridized carbons (Fsp3) is 0.417. The summed E-state index contributed by atoms with van der Waals surface area (Å²) in [5.74, 6) is 0.766. The minimum absolute atomic E-state index is 0. The maximum absolute atomic E-state index is 11.4. The molecule has 2 heterocycles. The van der Waals surface area contributed by atoms with Crippen molar-refractivity contribution in [3.05, 3.63) is 23.9 Å². The normalized spacial score (nSPS) is 14.5. The van der Waals surface area contributed by atoms with Crippen LogP contribution in [0.25, 0.3) is 0 Å². The number of carbonyl (C=O) groups is 1. The number of hydrogen-bond donors (Lipinski definition) is 1. The van der Waals surface area contributed by atoms with Crippen molar-refractivity contribution >= 4 is 24.1 Å². The lowest BCUT2D eigenvalue weighted by atomic mass is 10.2. The SMILES string of the molecule is Cl.N#Cc1ccnc(N2CCN(C(=O)CN)CC2)c1. The first-order valence-electron chi connectivity index (χ1n) is 5.83. The van der Waals surface area contributed by atoms with E-state index in [4.69, 9.17) is 11.0 Å². The summed E-state index contributed by atoms with van der Waals surface area (Å²) < 4.78 is 0. The molecule has 1 aromatic rings. The Morgan fingerprint density at radius 2 is 2.11 bits per heavy atom. The Labute approximate surface area is 118 Å². The molecule has 1 aromatic heterocycles. The second-order valence-electron chi connectivity index (χ2n) is 4.09. The van der Waals surface area contributed by atoms with Crippen LogP contribution >= 0.6 is 12.4 Å². The van der Waals surface area contributed by atoms with Crippen molar-refractivity contribution in [3.63, 3.8) is 0 Å². The van der Waals surface area contributed by atoms with Gasteiger partial charge in [0.2, 0.25) is 5.91 Å². The van der Waals surface area contributed by atoms with Gasteiger partial charge in [0.25, 0.3) is 0 Å². The number of anilines is 1. The van der Waals surface area contributed by atoms with Crippen LogP contribution in [-0.2, 0) is 4.79 Å². The molecule has 0 radical (unpaired) electrons. The van der Waals surface area contributed by atoms with Crippen LogP contribution < -0.4 is 10.6 Å². The first-order chi connectivity index (χ1) is 8.74. The molecule has 6 nitrogen and oxygen atoms in total. The number of carbonyl (C=O) groups excluding carboxylic acids is 1. The van der Waals surface area contributed by atoms with Gasteiger partial charge in [-0.15, -0.1) is 12.4 Å². The highest BCUT2D eigenvalue weighted by atomic mass is 35.5. The molecular weight excluding hydrogens is 266 g/mol. The third kappa shape index (κ3) is 3.56. The number of pyridine rings is 1. The molecule has 2 N–H and O–H groups in total. The standard InChI is InChI=1S/C12H15N5O.ClH/c13-8-10-1-2-15-11(7-10)16-3-5-17(6-4-16)12(18)9-14;/h1-2,7H,3-6,9,14H2;1H. The number of nitrogens with zero attached hydrogens (tertiary/aromatic N) is 4. The maximum atomic E-state index is 11.4. The summed E-state index contributed by atoms with van der Waals surface area (Å²) in [6, 6.07) is 5.54. The molecule has 1 amide bonds. The van der Waals surface area contributed by atoms with Crippen molar-refractivity contribution in [2.75, 3.05) is 37.6 Å². The van der Waals surface area contributed by atoms with Gasteiger partial charge in [-0.05, 0) is 12.1 Å². The predicted octanol–water partition coefficient (Wildman–Crippen LogP) is -0.0176. The van der Waals surface area contributed by atoms with Crippen molar-refractivity contribution in [1.29, 1.82) is 5.26 Å². The largest absolute Gasteiger partial charge is 0.353 e. The zero-order chi connectivity index (χ0) is 13.0.